The van der Waals surface area contributed by atoms with Gasteiger partial charge in [-0.05, 0) is 67.2 Å². The van der Waals surface area contributed by atoms with Crippen molar-refractivity contribution in [3.05, 3.63) is 21.7 Å². The Hall–Kier alpha value is -0.0700. The second-order valence-electron chi connectivity index (χ2n) is 4.30. The lowest BCUT2D eigenvalue weighted by molar-refractivity contribution is 0.204. The first-order valence-electron chi connectivity index (χ1n) is 5.98. The highest BCUT2D eigenvalue weighted by Crippen LogP contribution is 2.13. The summed E-state index contributed by atoms with van der Waals surface area (Å²) in [5, 5.41) is 3.57. The minimum Gasteiger partial charge on any atom is -0.454 e. The van der Waals surface area contributed by atoms with Crippen LogP contribution in [0.15, 0.2) is 16.5 Å². The molecule has 0 aliphatic carbocycles. The Morgan fingerprint density at radius 2 is 2.19 bits per heavy atom. The molecule has 2 rings (SSSR count). The Kier molecular flexibility index (Phi) is 4.66. The zero-order valence-electron chi connectivity index (χ0n) is 9.71. The van der Waals surface area contributed by atoms with E-state index in [0.29, 0.717) is 6.04 Å². The Morgan fingerprint density at radius 3 is 2.75 bits per heavy atom. The Balaban J connectivity index is 1.71. The third kappa shape index (κ3) is 3.46. The number of hydrogen-bond donors (Lipinski definition) is 1. The van der Waals surface area contributed by atoms with Crippen LogP contribution < -0.4 is 5.32 Å². The van der Waals surface area contributed by atoms with Gasteiger partial charge in [-0.1, -0.05) is 6.92 Å². The third-order valence-electron chi connectivity index (χ3n) is 3.23. The maximum Gasteiger partial charge on any atom is 0.164 e. The molecule has 1 aliphatic rings. The number of nitrogens with one attached hydrogen (secondary N) is 1. The molecule has 0 atom stereocenters. The van der Waals surface area contributed by atoms with E-state index in [1.807, 2.05) is 6.07 Å². The van der Waals surface area contributed by atoms with Gasteiger partial charge in [-0.2, -0.15) is 0 Å². The molecule has 1 aromatic rings. The van der Waals surface area contributed by atoms with E-state index in [-0.39, 0.29) is 0 Å². The van der Waals surface area contributed by atoms with Gasteiger partial charge in [-0.25, -0.2) is 0 Å². The van der Waals surface area contributed by atoms with E-state index in [1.54, 1.807) is 0 Å². The fraction of sp³-hybridized carbons (Fsp3) is 0.667. The van der Waals surface area contributed by atoms with Crippen LogP contribution in [0.25, 0.3) is 0 Å². The van der Waals surface area contributed by atoms with Gasteiger partial charge in [0.25, 0.3) is 0 Å². The molecule has 0 saturated carbocycles. The highest BCUT2D eigenvalue weighted by Gasteiger charge is 2.17. The predicted octanol–water partition coefficient (Wildman–Crippen LogP) is 2.46. The lowest BCUT2D eigenvalue weighted by Gasteiger charge is -2.31. The van der Waals surface area contributed by atoms with Crippen LogP contribution in [-0.2, 0) is 6.54 Å². The maximum absolute atomic E-state index is 5.53. The first-order valence-corrected chi connectivity index (χ1v) is 7.05. The zero-order chi connectivity index (χ0) is 11.4. The second-order valence-corrected chi connectivity index (χ2v) is 5.36. The van der Waals surface area contributed by atoms with Gasteiger partial charge in [0.15, 0.2) is 3.77 Å². The van der Waals surface area contributed by atoms with Crippen LogP contribution in [-0.4, -0.2) is 30.6 Å². The molecule has 1 aromatic heterocycles. The van der Waals surface area contributed by atoms with Crippen molar-refractivity contribution in [3.8, 4) is 0 Å². The number of rotatable bonds is 4. The molecule has 0 bridgehead atoms. The van der Waals surface area contributed by atoms with E-state index in [4.69, 9.17) is 4.42 Å². The van der Waals surface area contributed by atoms with Crippen molar-refractivity contribution >= 4 is 22.6 Å². The molecule has 0 radical (unpaired) electrons. The van der Waals surface area contributed by atoms with Crippen LogP contribution in [0.3, 0.4) is 0 Å². The zero-order valence-corrected chi connectivity index (χ0v) is 11.9. The molecule has 1 fully saturated rings. The summed E-state index contributed by atoms with van der Waals surface area (Å²) in [6, 6.07) is 4.72. The highest BCUT2D eigenvalue weighted by atomic mass is 127. The molecule has 90 valence electrons. The van der Waals surface area contributed by atoms with Gasteiger partial charge in [-0.3, -0.25) is 0 Å². The van der Waals surface area contributed by atoms with Gasteiger partial charge < -0.3 is 14.6 Å². The standard InChI is InChI=1S/C12H19IN2O/c1-2-15-7-5-10(6-8-15)14-9-11-3-4-12(13)16-11/h3-4,10,14H,2,5-9H2,1H3. The summed E-state index contributed by atoms with van der Waals surface area (Å²) < 4.78 is 6.50. The summed E-state index contributed by atoms with van der Waals surface area (Å²) >= 11 is 2.20. The largest absolute Gasteiger partial charge is 0.454 e. The van der Waals surface area contributed by atoms with E-state index < -0.39 is 0 Å². The van der Waals surface area contributed by atoms with Gasteiger partial charge in [0.1, 0.15) is 5.76 Å². The molecule has 1 aliphatic heterocycles. The first kappa shape index (κ1) is 12.4. The monoisotopic (exact) mass is 334 g/mol. The molecule has 1 N–H and O–H groups in total. The van der Waals surface area contributed by atoms with Crippen LogP contribution in [0.5, 0.6) is 0 Å². The lowest BCUT2D eigenvalue weighted by Crippen LogP contribution is -2.42. The number of piperidine rings is 1. The molecule has 0 aromatic carbocycles. The molecular weight excluding hydrogens is 315 g/mol. The van der Waals surface area contributed by atoms with E-state index in [2.05, 4.69) is 45.8 Å². The van der Waals surface area contributed by atoms with E-state index in [9.17, 15) is 0 Å². The Bertz CT molecular complexity index is 319. The molecule has 4 heteroatoms. The van der Waals surface area contributed by atoms with Crippen LogP contribution in [0.4, 0.5) is 0 Å². The van der Waals surface area contributed by atoms with Crippen molar-refractivity contribution in [3.63, 3.8) is 0 Å². The Labute approximate surface area is 111 Å². The SMILES string of the molecule is CCN1CCC(NCc2ccc(I)o2)CC1. The summed E-state index contributed by atoms with van der Waals surface area (Å²) in [6.07, 6.45) is 2.51. The van der Waals surface area contributed by atoms with Crippen molar-refractivity contribution in [1.29, 1.82) is 0 Å². The lowest BCUT2D eigenvalue weighted by atomic mass is 10.1. The van der Waals surface area contributed by atoms with Crippen LogP contribution in [0.2, 0.25) is 0 Å². The molecule has 3 nitrogen and oxygen atoms in total. The van der Waals surface area contributed by atoms with E-state index >= 15 is 0 Å². The Morgan fingerprint density at radius 1 is 1.44 bits per heavy atom. The number of nitrogens with zero attached hydrogens (tertiary/aromatic N) is 1. The summed E-state index contributed by atoms with van der Waals surface area (Å²) in [7, 11) is 0. The molecule has 1 saturated heterocycles. The molecule has 2 heterocycles. The van der Waals surface area contributed by atoms with Gasteiger partial charge in [-0.15, -0.1) is 0 Å². The number of halogens is 1. The first-order chi connectivity index (χ1) is 7.78. The molecule has 0 spiro atoms. The quantitative estimate of drug-likeness (QED) is 0.858. The maximum atomic E-state index is 5.53. The summed E-state index contributed by atoms with van der Waals surface area (Å²) in [6.45, 7) is 6.73. The molecule has 0 unspecified atom stereocenters. The predicted molar refractivity (Wildman–Crippen MR) is 73.4 cm³/mol. The van der Waals surface area contributed by atoms with Crippen molar-refractivity contribution < 1.29 is 4.42 Å². The molecule has 16 heavy (non-hydrogen) atoms. The number of furan rings is 1. The van der Waals surface area contributed by atoms with E-state index in [1.165, 1.54) is 32.5 Å². The van der Waals surface area contributed by atoms with Gasteiger partial charge in [0.2, 0.25) is 0 Å². The third-order valence-corrected chi connectivity index (χ3v) is 3.81. The van der Waals surface area contributed by atoms with Gasteiger partial charge in [0, 0.05) is 6.04 Å². The van der Waals surface area contributed by atoms with Crippen LogP contribution in [0.1, 0.15) is 25.5 Å². The smallest absolute Gasteiger partial charge is 0.164 e. The van der Waals surface area contributed by atoms with Crippen molar-refractivity contribution in [1.82, 2.24) is 10.2 Å². The number of likely N-dealkylation sites (tertiary alicyclic amines) is 1. The minimum absolute atomic E-state index is 0.658. The normalized spacial score (nSPS) is 19.1. The van der Waals surface area contributed by atoms with Crippen molar-refractivity contribution in [2.75, 3.05) is 19.6 Å². The summed E-state index contributed by atoms with van der Waals surface area (Å²) in [5.41, 5.74) is 0. The average molecular weight is 334 g/mol. The van der Waals surface area contributed by atoms with Gasteiger partial charge in [0.05, 0.1) is 6.54 Å². The highest BCUT2D eigenvalue weighted by molar-refractivity contribution is 14.1. The van der Waals surface area contributed by atoms with Gasteiger partial charge >= 0.3 is 0 Å². The van der Waals surface area contributed by atoms with Crippen LogP contribution in [0, 0.1) is 3.77 Å². The minimum atomic E-state index is 0.658. The summed E-state index contributed by atoms with van der Waals surface area (Å²) in [5.74, 6) is 1.04. The average Bonchev–Trinajstić information content (AvgIpc) is 2.73. The van der Waals surface area contributed by atoms with E-state index in [0.717, 1.165) is 16.1 Å². The topological polar surface area (TPSA) is 28.4 Å². The fourth-order valence-corrected chi connectivity index (χ4v) is 2.61. The number of hydrogen-bond acceptors (Lipinski definition) is 3. The summed E-state index contributed by atoms with van der Waals surface area (Å²) in [4.78, 5) is 2.51. The second kappa shape index (κ2) is 6.02. The fourth-order valence-electron chi connectivity index (χ4n) is 2.14. The molecular formula is C12H19IN2O. The van der Waals surface area contributed by atoms with Crippen molar-refractivity contribution in [2.24, 2.45) is 0 Å². The molecule has 0 amide bonds. The van der Waals surface area contributed by atoms with Crippen LogP contribution >= 0.6 is 22.6 Å². The van der Waals surface area contributed by atoms with Crippen molar-refractivity contribution in [2.45, 2.75) is 32.4 Å².